The van der Waals surface area contributed by atoms with Crippen molar-refractivity contribution in [3.05, 3.63) is 0 Å². The molecule has 2 rings (SSSR count). The van der Waals surface area contributed by atoms with E-state index >= 15 is 0 Å². The monoisotopic (exact) mass is 229 g/mol. The number of nitrogens with one attached hydrogen (secondary N) is 1. The molecule has 4 unspecified atom stereocenters. The van der Waals surface area contributed by atoms with Crippen LogP contribution in [0.15, 0.2) is 0 Å². The van der Waals surface area contributed by atoms with Crippen LogP contribution in [0, 0.1) is 17.8 Å². The molecule has 4 atom stereocenters. The Kier molecular flexibility index (Phi) is 3.62. The Balaban J connectivity index is 1.78. The molecule has 2 saturated carbocycles. The molecule has 0 aromatic heterocycles. The predicted octanol–water partition coefficient (Wildman–Crippen LogP) is 3.42. The minimum absolute atomic E-state index is 0.156. The van der Waals surface area contributed by atoms with E-state index in [0.717, 1.165) is 30.1 Å². The van der Waals surface area contributed by atoms with E-state index in [-0.39, 0.29) is 5.54 Å². The Hall–Kier alpha value is 0.250. The lowest BCUT2D eigenvalue weighted by atomic mass is 9.88. The van der Waals surface area contributed by atoms with Crippen molar-refractivity contribution < 1.29 is 0 Å². The summed E-state index contributed by atoms with van der Waals surface area (Å²) in [7, 11) is 0. The van der Waals surface area contributed by atoms with Gasteiger partial charge in [-0.1, -0.05) is 13.3 Å². The van der Waals surface area contributed by atoms with Crippen LogP contribution >= 0.6 is 11.6 Å². The fraction of sp³-hybridized carbons (Fsp3) is 1.00. The lowest BCUT2D eigenvalue weighted by molar-refractivity contribution is 0.275. The zero-order valence-electron chi connectivity index (χ0n) is 10.1. The predicted molar refractivity (Wildman–Crippen MR) is 66.4 cm³/mol. The largest absolute Gasteiger partial charge is 0.310 e. The standard InChI is InChI=1S/C13H24ClN/c1-3-13(2,9-14)15-8-12-7-10-4-5-11(12)6-10/h10-12,15H,3-9H2,1-2H3. The number of hydrogen-bond acceptors (Lipinski definition) is 1. The molecule has 0 saturated heterocycles. The van der Waals surface area contributed by atoms with Gasteiger partial charge in [-0.05, 0) is 56.9 Å². The third kappa shape index (κ3) is 2.50. The van der Waals surface area contributed by atoms with Crippen molar-refractivity contribution in [1.82, 2.24) is 5.32 Å². The van der Waals surface area contributed by atoms with Gasteiger partial charge in [-0.3, -0.25) is 0 Å². The highest BCUT2D eigenvalue weighted by Crippen LogP contribution is 2.48. The van der Waals surface area contributed by atoms with E-state index < -0.39 is 0 Å². The minimum atomic E-state index is 0.156. The molecule has 2 bridgehead atoms. The summed E-state index contributed by atoms with van der Waals surface area (Å²) >= 11 is 6.01. The molecule has 2 fully saturated rings. The molecule has 0 spiro atoms. The molecular weight excluding hydrogens is 206 g/mol. The number of fused-ring (bicyclic) bond motifs is 2. The van der Waals surface area contributed by atoms with Gasteiger partial charge in [-0.25, -0.2) is 0 Å². The molecule has 2 heteroatoms. The summed E-state index contributed by atoms with van der Waals surface area (Å²) < 4.78 is 0. The van der Waals surface area contributed by atoms with Crippen LogP contribution in [0.2, 0.25) is 0 Å². The molecule has 15 heavy (non-hydrogen) atoms. The van der Waals surface area contributed by atoms with Crippen molar-refractivity contribution in [2.75, 3.05) is 12.4 Å². The van der Waals surface area contributed by atoms with Crippen LogP contribution in [0.5, 0.6) is 0 Å². The summed E-state index contributed by atoms with van der Waals surface area (Å²) in [6.07, 6.45) is 7.09. The SMILES string of the molecule is CCC(C)(CCl)NCC1CC2CCC1C2. The Morgan fingerprint density at radius 3 is 2.60 bits per heavy atom. The maximum atomic E-state index is 6.01. The molecule has 1 N–H and O–H groups in total. The lowest BCUT2D eigenvalue weighted by Gasteiger charge is -2.31. The molecule has 0 aromatic carbocycles. The molecule has 0 amide bonds. The quantitative estimate of drug-likeness (QED) is 0.713. The van der Waals surface area contributed by atoms with Crippen molar-refractivity contribution in [2.45, 2.75) is 51.5 Å². The maximum absolute atomic E-state index is 6.01. The van der Waals surface area contributed by atoms with E-state index in [2.05, 4.69) is 19.2 Å². The third-order valence-corrected chi connectivity index (χ3v) is 5.34. The van der Waals surface area contributed by atoms with Crippen molar-refractivity contribution in [3.8, 4) is 0 Å². The lowest BCUT2D eigenvalue weighted by Crippen LogP contribution is -2.46. The first kappa shape index (κ1) is 11.7. The summed E-state index contributed by atoms with van der Waals surface area (Å²) in [5.41, 5.74) is 0.156. The van der Waals surface area contributed by atoms with E-state index in [4.69, 9.17) is 11.6 Å². The Bertz CT molecular complexity index is 213. The van der Waals surface area contributed by atoms with Gasteiger partial charge in [0, 0.05) is 11.4 Å². The van der Waals surface area contributed by atoms with E-state index in [1.807, 2.05) is 0 Å². The fourth-order valence-corrected chi connectivity index (χ4v) is 3.55. The van der Waals surface area contributed by atoms with Gasteiger partial charge in [0.05, 0.1) is 0 Å². The van der Waals surface area contributed by atoms with Crippen LogP contribution in [0.25, 0.3) is 0 Å². The molecule has 88 valence electrons. The average Bonchev–Trinajstić information content (AvgIpc) is 2.87. The van der Waals surface area contributed by atoms with Gasteiger partial charge >= 0.3 is 0 Å². The number of alkyl halides is 1. The van der Waals surface area contributed by atoms with Crippen LogP contribution in [0.1, 0.15) is 46.0 Å². The second-order valence-corrected chi connectivity index (χ2v) is 6.13. The highest BCUT2D eigenvalue weighted by atomic mass is 35.5. The molecule has 0 aromatic rings. The van der Waals surface area contributed by atoms with Crippen LogP contribution < -0.4 is 5.32 Å². The van der Waals surface area contributed by atoms with Gasteiger partial charge in [0.25, 0.3) is 0 Å². The normalized spacial score (nSPS) is 38.2. The second-order valence-electron chi connectivity index (χ2n) is 5.86. The van der Waals surface area contributed by atoms with Gasteiger partial charge in [0.1, 0.15) is 0 Å². The van der Waals surface area contributed by atoms with Crippen molar-refractivity contribution in [2.24, 2.45) is 17.8 Å². The smallest absolute Gasteiger partial charge is 0.0403 e. The number of halogens is 1. The van der Waals surface area contributed by atoms with Crippen LogP contribution in [0.3, 0.4) is 0 Å². The van der Waals surface area contributed by atoms with Crippen molar-refractivity contribution in [3.63, 3.8) is 0 Å². The highest BCUT2D eigenvalue weighted by molar-refractivity contribution is 6.18. The maximum Gasteiger partial charge on any atom is 0.0403 e. The molecular formula is C13H24ClN. The number of hydrogen-bond donors (Lipinski definition) is 1. The van der Waals surface area contributed by atoms with E-state index in [1.54, 1.807) is 0 Å². The first-order valence-electron chi connectivity index (χ1n) is 6.48. The zero-order chi connectivity index (χ0) is 10.9. The molecule has 0 heterocycles. The van der Waals surface area contributed by atoms with E-state index in [0.29, 0.717) is 0 Å². The van der Waals surface area contributed by atoms with Crippen molar-refractivity contribution in [1.29, 1.82) is 0 Å². The Labute approximate surface area is 99.0 Å². The van der Waals surface area contributed by atoms with Crippen LogP contribution in [0.4, 0.5) is 0 Å². The summed E-state index contributed by atoms with van der Waals surface area (Å²) in [6, 6.07) is 0. The number of rotatable bonds is 5. The van der Waals surface area contributed by atoms with Crippen LogP contribution in [-0.4, -0.2) is 18.0 Å². The second kappa shape index (κ2) is 4.63. The topological polar surface area (TPSA) is 12.0 Å². The Morgan fingerprint density at radius 1 is 1.33 bits per heavy atom. The minimum Gasteiger partial charge on any atom is -0.310 e. The zero-order valence-corrected chi connectivity index (χ0v) is 10.8. The molecule has 0 radical (unpaired) electrons. The van der Waals surface area contributed by atoms with Crippen molar-refractivity contribution >= 4 is 11.6 Å². The van der Waals surface area contributed by atoms with Gasteiger partial charge in [-0.15, -0.1) is 11.6 Å². The van der Waals surface area contributed by atoms with Gasteiger partial charge in [0.15, 0.2) is 0 Å². The molecule has 2 aliphatic rings. The summed E-state index contributed by atoms with van der Waals surface area (Å²) in [5.74, 6) is 3.76. The van der Waals surface area contributed by atoms with Gasteiger partial charge < -0.3 is 5.32 Å². The van der Waals surface area contributed by atoms with Crippen LogP contribution in [-0.2, 0) is 0 Å². The van der Waals surface area contributed by atoms with E-state index in [9.17, 15) is 0 Å². The first-order chi connectivity index (χ1) is 7.17. The molecule has 1 nitrogen and oxygen atoms in total. The highest BCUT2D eigenvalue weighted by Gasteiger charge is 2.39. The summed E-state index contributed by atoms with van der Waals surface area (Å²) in [5, 5.41) is 3.69. The third-order valence-electron chi connectivity index (χ3n) is 4.75. The summed E-state index contributed by atoms with van der Waals surface area (Å²) in [6.45, 7) is 5.65. The van der Waals surface area contributed by atoms with Gasteiger partial charge in [0.2, 0.25) is 0 Å². The Morgan fingerprint density at radius 2 is 2.13 bits per heavy atom. The first-order valence-corrected chi connectivity index (χ1v) is 7.01. The fourth-order valence-electron chi connectivity index (χ4n) is 3.27. The van der Waals surface area contributed by atoms with Gasteiger partial charge in [-0.2, -0.15) is 0 Å². The molecule has 0 aliphatic heterocycles. The molecule has 2 aliphatic carbocycles. The van der Waals surface area contributed by atoms with E-state index in [1.165, 1.54) is 32.2 Å². The average molecular weight is 230 g/mol. The summed E-state index contributed by atoms with van der Waals surface area (Å²) in [4.78, 5) is 0.